The van der Waals surface area contributed by atoms with E-state index < -0.39 is 0 Å². The Morgan fingerprint density at radius 3 is 2.76 bits per heavy atom. The van der Waals surface area contributed by atoms with Gasteiger partial charge in [-0.25, -0.2) is 4.39 Å². The number of fused-ring (bicyclic) bond motifs is 1. The van der Waals surface area contributed by atoms with Gasteiger partial charge in [-0.3, -0.25) is 9.78 Å². The van der Waals surface area contributed by atoms with Crippen molar-refractivity contribution >= 4 is 22.5 Å². The van der Waals surface area contributed by atoms with Crippen LogP contribution in [0, 0.1) is 12.7 Å². The van der Waals surface area contributed by atoms with Crippen molar-refractivity contribution < 1.29 is 9.18 Å². The summed E-state index contributed by atoms with van der Waals surface area (Å²) >= 11 is 0. The van der Waals surface area contributed by atoms with Crippen LogP contribution in [-0.4, -0.2) is 10.9 Å². The minimum Gasteiger partial charge on any atom is -0.322 e. The number of amides is 1. The van der Waals surface area contributed by atoms with Crippen LogP contribution in [-0.2, 0) is 0 Å². The van der Waals surface area contributed by atoms with E-state index in [1.54, 1.807) is 25.3 Å². The minimum absolute atomic E-state index is 0.233. The number of hydrogen-bond donors (Lipinski definition) is 1. The molecule has 0 radical (unpaired) electrons. The van der Waals surface area contributed by atoms with Gasteiger partial charge in [0.2, 0.25) is 0 Å². The first kappa shape index (κ1) is 13.2. The second-order valence-corrected chi connectivity index (χ2v) is 4.79. The van der Waals surface area contributed by atoms with E-state index in [9.17, 15) is 9.18 Å². The van der Waals surface area contributed by atoms with E-state index >= 15 is 0 Å². The van der Waals surface area contributed by atoms with E-state index in [1.165, 1.54) is 12.1 Å². The molecule has 0 aliphatic rings. The van der Waals surface area contributed by atoms with Crippen LogP contribution in [0.3, 0.4) is 0 Å². The standard InChI is InChI=1S/C17H13FN2O/c1-11-10-12(18)6-7-15(11)20-17(21)14-8-9-19-16-5-3-2-4-13(14)16/h2-10H,1H3,(H,20,21). The van der Waals surface area contributed by atoms with E-state index in [0.717, 1.165) is 10.9 Å². The number of aromatic nitrogens is 1. The Hall–Kier alpha value is -2.75. The van der Waals surface area contributed by atoms with Gasteiger partial charge in [0.05, 0.1) is 11.1 Å². The van der Waals surface area contributed by atoms with Crippen molar-refractivity contribution in [2.24, 2.45) is 0 Å². The number of rotatable bonds is 2. The Kier molecular flexibility index (Phi) is 3.36. The Balaban J connectivity index is 1.97. The summed E-state index contributed by atoms with van der Waals surface area (Å²) in [5, 5.41) is 3.60. The van der Waals surface area contributed by atoms with Crippen molar-refractivity contribution in [3.8, 4) is 0 Å². The first-order valence-corrected chi connectivity index (χ1v) is 6.56. The van der Waals surface area contributed by atoms with Gasteiger partial charge in [0.15, 0.2) is 0 Å². The Morgan fingerprint density at radius 2 is 1.95 bits per heavy atom. The molecule has 1 N–H and O–H groups in total. The van der Waals surface area contributed by atoms with Gasteiger partial charge in [-0.15, -0.1) is 0 Å². The maximum Gasteiger partial charge on any atom is 0.256 e. The van der Waals surface area contributed by atoms with E-state index in [1.807, 2.05) is 24.3 Å². The zero-order valence-electron chi connectivity index (χ0n) is 11.4. The van der Waals surface area contributed by atoms with Crippen LogP contribution in [0.4, 0.5) is 10.1 Å². The van der Waals surface area contributed by atoms with Crippen molar-refractivity contribution in [2.75, 3.05) is 5.32 Å². The number of nitrogens with zero attached hydrogens (tertiary/aromatic N) is 1. The zero-order valence-corrected chi connectivity index (χ0v) is 11.4. The van der Waals surface area contributed by atoms with E-state index in [-0.39, 0.29) is 11.7 Å². The van der Waals surface area contributed by atoms with Crippen LogP contribution < -0.4 is 5.32 Å². The van der Waals surface area contributed by atoms with Crippen LogP contribution in [0.2, 0.25) is 0 Å². The highest BCUT2D eigenvalue weighted by atomic mass is 19.1. The Labute approximate surface area is 121 Å². The third kappa shape index (κ3) is 2.60. The van der Waals surface area contributed by atoms with Gasteiger partial charge in [0.25, 0.3) is 5.91 Å². The molecule has 0 bridgehead atoms. The predicted octanol–water partition coefficient (Wildman–Crippen LogP) is 3.93. The summed E-state index contributed by atoms with van der Waals surface area (Å²) < 4.78 is 13.1. The summed E-state index contributed by atoms with van der Waals surface area (Å²) in [5.41, 5.74) is 2.59. The van der Waals surface area contributed by atoms with E-state index in [4.69, 9.17) is 0 Å². The van der Waals surface area contributed by atoms with Crippen LogP contribution in [0.25, 0.3) is 10.9 Å². The molecule has 3 nitrogen and oxygen atoms in total. The topological polar surface area (TPSA) is 42.0 Å². The third-order valence-electron chi connectivity index (χ3n) is 3.33. The maximum atomic E-state index is 13.1. The molecule has 1 heterocycles. The van der Waals surface area contributed by atoms with Gasteiger partial charge < -0.3 is 5.32 Å². The molecule has 1 amide bonds. The molecule has 104 valence electrons. The number of pyridine rings is 1. The number of hydrogen-bond acceptors (Lipinski definition) is 2. The summed E-state index contributed by atoms with van der Waals surface area (Å²) in [7, 11) is 0. The largest absolute Gasteiger partial charge is 0.322 e. The van der Waals surface area contributed by atoms with Gasteiger partial charge in [0, 0.05) is 17.3 Å². The molecule has 3 rings (SSSR count). The lowest BCUT2D eigenvalue weighted by Gasteiger charge is -2.10. The highest BCUT2D eigenvalue weighted by Crippen LogP contribution is 2.20. The molecule has 0 aliphatic heterocycles. The number of halogens is 1. The van der Waals surface area contributed by atoms with Crippen molar-refractivity contribution in [3.63, 3.8) is 0 Å². The van der Waals surface area contributed by atoms with Crippen LogP contribution >= 0.6 is 0 Å². The van der Waals surface area contributed by atoms with Crippen molar-refractivity contribution in [3.05, 3.63) is 71.7 Å². The fraction of sp³-hybridized carbons (Fsp3) is 0.0588. The number of carbonyl (C=O) groups excluding carboxylic acids is 1. The molecule has 4 heteroatoms. The van der Waals surface area contributed by atoms with Gasteiger partial charge in [-0.1, -0.05) is 18.2 Å². The third-order valence-corrected chi connectivity index (χ3v) is 3.33. The molecule has 0 fully saturated rings. The number of aryl methyl sites for hydroxylation is 1. The average Bonchev–Trinajstić information content (AvgIpc) is 2.49. The molecule has 2 aromatic carbocycles. The molecule has 0 saturated heterocycles. The minimum atomic E-state index is -0.320. The highest BCUT2D eigenvalue weighted by Gasteiger charge is 2.11. The first-order valence-electron chi connectivity index (χ1n) is 6.56. The fourth-order valence-corrected chi connectivity index (χ4v) is 2.25. The van der Waals surface area contributed by atoms with Crippen molar-refractivity contribution in [1.29, 1.82) is 0 Å². The summed E-state index contributed by atoms with van der Waals surface area (Å²) in [5.74, 6) is -0.553. The van der Waals surface area contributed by atoms with Gasteiger partial charge in [-0.05, 0) is 42.8 Å². The van der Waals surface area contributed by atoms with Crippen LogP contribution in [0.15, 0.2) is 54.7 Å². The van der Waals surface area contributed by atoms with E-state index in [0.29, 0.717) is 16.8 Å². The molecule has 21 heavy (non-hydrogen) atoms. The second kappa shape index (κ2) is 5.32. The molecule has 0 saturated carbocycles. The highest BCUT2D eigenvalue weighted by molar-refractivity contribution is 6.12. The van der Waals surface area contributed by atoms with E-state index in [2.05, 4.69) is 10.3 Å². The normalized spacial score (nSPS) is 10.6. The number of nitrogens with one attached hydrogen (secondary N) is 1. The molecular formula is C17H13FN2O. The van der Waals surface area contributed by atoms with Crippen molar-refractivity contribution in [1.82, 2.24) is 4.98 Å². The molecule has 3 aromatic rings. The number of anilines is 1. The summed E-state index contributed by atoms with van der Waals surface area (Å²) in [6.07, 6.45) is 1.61. The average molecular weight is 280 g/mol. The monoisotopic (exact) mass is 280 g/mol. The molecule has 0 aliphatic carbocycles. The van der Waals surface area contributed by atoms with Gasteiger partial charge in [0.1, 0.15) is 5.82 Å². The molecule has 1 aromatic heterocycles. The maximum absolute atomic E-state index is 13.1. The fourth-order valence-electron chi connectivity index (χ4n) is 2.25. The smallest absolute Gasteiger partial charge is 0.256 e. The molecule has 0 atom stereocenters. The lowest BCUT2D eigenvalue weighted by atomic mass is 10.1. The number of para-hydroxylation sites is 1. The number of carbonyl (C=O) groups is 1. The first-order chi connectivity index (χ1) is 10.1. The summed E-state index contributed by atoms with van der Waals surface area (Å²) in [6, 6.07) is 13.4. The van der Waals surface area contributed by atoms with Gasteiger partial charge in [-0.2, -0.15) is 0 Å². The second-order valence-electron chi connectivity index (χ2n) is 4.79. The summed E-state index contributed by atoms with van der Waals surface area (Å²) in [4.78, 5) is 16.7. The number of benzene rings is 2. The van der Waals surface area contributed by atoms with Crippen molar-refractivity contribution in [2.45, 2.75) is 6.92 Å². The molecule has 0 unspecified atom stereocenters. The quantitative estimate of drug-likeness (QED) is 0.772. The Bertz CT molecular complexity index is 825. The SMILES string of the molecule is Cc1cc(F)ccc1NC(=O)c1ccnc2ccccc12. The van der Waals surface area contributed by atoms with Crippen LogP contribution in [0.1, 0.15) is 15.9 Å². The lowest BCUT2D eigenvalue weighted by Crippen LogP contribution is -2.13. The zero-order chi connectivity index (χ0) is 14.8. The molecular weight excluding hydrogens is 267 g/mol. The Morgan fingerprint density at radius 1 is 1.14 bits per heavy atom. The lowest BCUT2D eigenvalue weighted by molar-refractivity contribution is 0.102. The predicted molar refractivity (Wildman–Crippen MR) is 80.8 cm³/mol. The summed E-state index contributed by atoms with van der Waals surface area (Å²) in [6.45, 7) is 1.75. The molecule has 0 spiro atoms. The van der Waals surface area contributed by atoms with Crippen LogP contribution in [0.5, 0.6) is 0 Å². The van der Waals surface area contributed by atoms with Gasteiger partial charge >= 0.3 is 0 Å².